The molecule has 0 aliphatic heterocycles. The van der Waals surface area contributed by atoms with Crippen LogP contribution in [0.3, 0.4) is 0 Å². The van der Waals surface area contributed by atoms with Gasteiger partial charge in [0.15, 0.2) is 5.69 Å². The normalized spacial score (nSPS) is 12.1. The zero-order valence-corrected chi connectivity index (χ0v) is 17.0. The van der Waals surface area contributed by atoms with E-state index >= 15 is 0 Å². The minimum Gasteiger partial charge on any atom is -0.494 e. The molecular formula is C22H26N4O2. The lowest BCUT2D eigenvalue weighted by molar-refractivity contribution is 0.0680. The van der Waals surface area contributed by atoms with Crippen LogP contribution in [0.4, 0.5) is 0 Å². The van der Waals surface area contributed by atoms with Gasteiger partial charge in [-0.25, -0.2) is 4.68 Å². The zero-order valence-electron chi connectivity index (χ0n) is 17.0. The highest BCUT2D eigenvalue weighted by atomic mass is 16.5. The first-order valence-corrected chi connectivity index (χ1v) is 9.30. The minimum atomic E-state index is -0.132. The summed E-state index contributed by atoms with van der Waals surface area (Å²) in [6.07, 6.45) is 5.33. The van der Waals surface area contributed by atoms with Gasteiger partial charge < -0.3 is 9.64 Å². The van der Waals surface area contributed by atoms with Crippen LogP contribution in [0.1, 0.15) is 41.5 Å². The molecule has 1 aromatic carbocycles. The van der Waals surface area contributed by atoms with Crippen molar-refractivity contribution >= 4 is 5.91 Å². The largest absolute Gasteiger partial charge is 0.494 e. The van der Waals surface area contributed by atoms with Crippen LogP contribution in [0.15, 0.2) is 55.0 Å². The highest BCUT2D eigenvalue weighted by Crippen LogP contribution is 2.28. The van der Waals surface area contributed by atoms with Crippen LogP contribution < -0.4 is 4.74 Å². The fourth-order valence-corrected chi connectivity index (χ4v) is 3.46. The third-order valence-corrected chi connectivity index (χ3v) is 4.78. The maximum atomic E-state index is 13.1. The topological polar surface area (TPSA) is 60.2 Å². The molecule has 3 aromatic rings. The SMILES string of the molecule is COc1ccc(C)cc1-n1ccc(C(=O)N(C)C(c2cccnc2)C(C)C)n1. The van der Waals surface area contributed by atoms with Crippen molar-refractivity contribution in [3.63, 3.8) is 0 Å². The number of hydrogen-bond donors (Lipinski definition) is 0. The van der Waals surface area contributed by atoms with Gasteiger partial charge >= 0.3 is 0 Å². The van der Waals surface area contributed by atoms with Crippen LogP contribution in [-0.2, 0) is 0 Å². The number of rotatable bonds is 6. The Kier molecular flexibility index (Phi) is 5.78. The standard InChI is InChI=1S/C22H26N4O2/c1-15(2)21(17-7-6-11-23-14-17)25(4)22(27)18-10-12-26(24-18)19-13-16(3)8-9-20(19)28-5/h6-15,21H,1-5H3. The Morgan fingerprint density at radius 1 is 1.21 bits per heavy atom. The van der Waals surface area contributed by atoms with Gasteiger partial charge in [-0.1, -0.05) is 26.0 Å². The van der Waals surface area contributed by atoms with Crippen molar-refractivity contribution in [3.05, 3.63) is 71.8 Å². The molecule has 0 N–H and O–H groups in total. The first-order valence-electron chi connectivity index (χ1n) is 9.30. The van der Waals surface area contributed by atoms with Gasteiger partial charge in [-0.05, 0) is 48.2 Å². The van der Waals surface area contributed by atoms with Crippen molar-refractivity contribution in [2.24, 2.45) is 5.92 Å². The predicted molar refractivity (Wildman–Crippen MR) is 109 cm³/mol. The molecule has 0 saturated carbocycles. The van der Waals surface area contributed by atoms with Crippen molar-refractivity contribution in [1.82, 2.24) is 19.7 Å². The van der Waals surface area contributed by atoms with Crippen LogP contribution >= 0.6 is 0 Å². The quantitative estimate of drug-likeness (QED) is 0.649. The number of carbonyl (C=O) groups is 1. The molecule has 0 aliphatic rings. The summed E-state index contributed by atoms with van der Waals surface area (Å²) in [6.45, 7) is 6.20. The van der Waals surface area contributed by atoms with E-state index in [-0.39, 0.29) is 17.9 Å². The first kappa shape index (κ1) is 19.6. The van der Waals surface area contributed by atoms with Crippen molar-refractivity contribution in [1.29, 1.82) is 0 Å². The molecule has 3 rings (SSSR count). The average Bonchev–Trinajstić information content (AvgIpc) is 3.18. The molecule has 1 unspecified atom stereocenters. The molecule has 28 heavy (non-hydrogen) atoms. The summed E-state index contributed by atoms with van der Waals surface area (Å²) in [5, 5.41) is 4.52. The van der Waals surface area contributed by atoms with Gasteiger partial charge in [0.1, 0.15) is 11.4 Å². The van der Waals surface area contributed by atoms with Gasteiger partial charge in [0.25, 0.3) is 5.91 Å². The molecule has 1 amide bonds. The van der Waals surface area contributed by atoms with Crippen molar-refractivity contribution < 1.29 is 9.53 Å². The molecular weight excluding hydrogens is 352 g/mol. The lowest BCUT2D eigenvalue weighted by Gasteiger charge is -2.31. The lowest BCUT2D eigenvalue weighted by atomic mass is 9.96. The van der Waals surface area contributed by atoms with E-state index in [4.69, 9.17) is 4.74 Å². The van der Waals surface area contributed by atoms with Gasteiger partial charge in [0, 0.05) is 25.6 Å². The van der Waals surface area contributed by atoms with E-state index in [1.165, 1.54) is 0 Å². The van der Waals surface area contributed by atoms with E-state index in [2.05, 4.69) is 23.9 Å². The van der Waals surface area contributed by atoms with Gasteiger partial charge in [0.2, 0.25) is 0 Å². The van der Waals surface area contributed by atoms with Gasteiger partial charge in [-0.15, -0.1) is 0 Å². The molecule has 6 heteroatoms. The lowest BCUT2D eigenvalue weighted by Crippen LogP contribution is -2.34. The zero-order chi connectivity index (χ0) is 20.3. The third kappa shape index (κ3) is 3.91. The molecule has 2 heterocycles. The van der Waals surface area contributed by atoms with Crippen LogP contribution in [0.5, 0.6) is 5.75 Å². The Morgan fingerprint density at radius 2 is 2.00 bits per heavy atom. The van der Waals surface area contributed by atoms with Crippen LogP contribution in [0.25, 0.3) is 5.69 Å². The molecule has 0 radical (unpaired) electrons. The molecule has 0 fully saturated rings. The van der Waals surface area contributed by atoms with Crippen molar-refractivity contribution in [2.45, 2.75) is 26.8 Å². The summed E-state index contributed by atoms with van der Waals surface area (Å²) < 4.78 is 7.12. The second kappa shape index (κ2) is 8.25. The Hall–Kier alpha value is -3.15. The second-order valence-corrected chi connectivity index (χ2v) is 7.21. The fourth-order valence-electron chi connectivity index (χ4n) is 3.46. The summed E-state index contributed by atoms with van der Waals surface area (Å²) in [7, 11) is 3.44. The highest BCUT2D eigenvalue weighted by Gasteiger charge is 2.27. The van der Waals surface area contributed by atoms with Gasteiger partial charge in [-0.3, -0.25) is 9.78 Å². The number of pyridine rings is 1. The van der Waals surface area contributed by atoms with Crippen molar-refractivity contribution in [3.8, 4) is 11.4 Å². The van der Waals surface area contributed by atoms with E-state index in [0.717, 1.165) is 16.8 Å². The van der Waals surface area contributed by atoms with Gasteiger partial charge in [-0.2, -0.15) is 5.10 Å². The summed E-state index contributed by atoms with van der Waals surface area (Å²) >= 11 is 0. The van der Waals surface area contributed by atoms with E-state index in [0.29, 0.717) is 11.4 Å². The smallest absolute Gasteiger partial charge is 0.274 e. The van der Waals surface area contributed by atoms with Crippen LogP contribution in [0, 0.1) is 12.8 Å². The average molecular weight is 378 g/mol. The number of methoxy groups -OCH3 is 1. The highest BCUT2D eigenvalue weighted by molar-refractivity contribution is 5.92. The number of ether oxygens (including phenoxy) is 1. The van der Waals surface area contributed by atoms with E-state index in [9.17, 15) is 4.79 Å². The van der Waals surface area contributed by atoms with E-state index in [1.807, 2.05) is 50.5 Å². The maximum Gasteiger partial charge on any atom is 0.274 e. The third-order valence-electron chi connectivity index (χ3n) is 4.78. The molecule has 1 atom stereocenters. The predicted octanol–water partition coefficient (Wildman–Crippen LogP) is 4.05. The molecule has 0 aliphatic carbocycles. The number of aromatic nitrogens is 3. The molecule has 0 spiro atoms. The van der Waals surface area contributed by atoms with E-state index in [1.54, 1.807) is 35.2 Å². The number of nitrogens with zero attached hydrogens (tertiary/aromatic N) is 4. The molecule has 2 aromatic heterocycles. The Balaban J connectivity index is 1.90. The van der Waals surface area contributed by atoms with Crippen LogP contribution in [0.2, 0.25) is 0 Å². The van der Waals surface area contributed by atoms with Gasteiger partial charge in [0.05, 0.1) is 13.2 Å². The summed E-state index contributed by atoms with van der Waals surface area (Å²) in [5.74, 6) is 0.807. The number of benzene rings is 1. The number of amides is 1. The Labute approximate surface area is 165 Å². The number of carbonyl (C=O) groups excluding carboxylic acids is 1. The molecule has 6 nitrogen and oxygen atoms in total. The van der Waals surface area contributed by atoms with Crippen molar-refractivity contribution in [2.75, 3.05) is 14.2 Å². The molecule has 146 valence electrons. The summed E-state index contributed by atoms with van der Waals surface area (Å²) in [4.78, 5) is 19.1. The summed E-state index contributed by atoms with van der Waals surface area (Å²) in [5.41, 5.74) is 3.29. The Morgan fingerprint density at radius 3 is 2.64 bits per heavy atom. The number of hydrogen-bond acceptors (Lipinski definition) is 4. The van der Waals surface area contributed by atoms with E-state index < -0.39 is 0 Å². The molecule has 0 bridgehead atoms. The fraction of sp³-hybridized carbons (Fsp3) is 0.318. The summed E-state index contributed by atoms with van der Waals surface area (Å²) in [6, 6.07) is 11.4. The van der Waals surface area contributed by atoms with Crippen LogP contribution in [-0.4, -0.2) is 39.7 Å². The first-order chi connectivity index (χ1) is 13.4. The molecule has 0 saturated heterocycles. The monoisotopic (exact) mass is 378 g/mol. The number of aryl methyl sites for hydroxylation is 1. The maximum absolute atomic E-state index is 13.1. The minimum absolute atomic E-state index is 0.0835. The Bertz CT molecular complexity index is 950. The second-order valence-electron chi connectivity index (χ2n) is 7.21.